The first kappa shape index (κ1) is 14.0. The molecule has 20 heavy (non-hydrogen) atoms. The maximum Gasteiger partial charge on any atom is 0.251 e. The Labute approximate surface area is 118 Å². The number of carbonyl (C=O) groups excluding carboxylic acids is 1. The molecule has 1 aromatic heterocycles. The Kier molecular flexibility index (Phi) is 4.02. The number of rotatable bonds is 4. The van der Waals surface area contributed by atoms with Gasteiger partial charge in [-0.2, -0.15) is 5.10 Å². The second kappa shape index (κ2) is 5.73. The molecule has 0 bridgehead atoms. The third-order valence-corrected chi connectivity index (χ3v) is 3.10. The van der Waals surface area contributed by atoms with Crippen molar-refractivity contribution in [1.82, 2.24) is 20.1 Å². The Morgan fingerprint density at radius 2 is 2.10 bits per heavy atom. The van der Waals surface area contributed by atoms with Crippen molar-refractivity contribution >= 4 is 11.6 Å². The fourth-order valence-electron chi connectivity index (χ4n) is 1.98. The lowest BCUT2D eigenvalue weighted by atomic mass is 10.1. The Morgan fingerprint density at radius 3 is 2.70 bits per heavy atom. The van der Waals surface area contributed by atoms with Crippen LogP contribution in [-0.4, -0.2) is 27.7 Å². The van der Waals surface area contributed by atoms with Gasteiger partial charge in [-0.1, -0.05) is 13.8 Å². The fraction of sp³-hybridized carbons (Fsp3) is 0.357. The van der Waals surface area contributed by atoms with E-state index in [9.17, 15) is 4.79 Å². The van der Waals surface area contributed by atoms with Gasteiger partial charge in [0.25, 0.3) is 5.91 Å². The maximum absolute atomic E-state index is 11.7. The Hall–Kier alpha value is -2.37. The van der Waals surface area contributed by atoms with E-state index < -0.39 is 0 Å². The molecule has 1 amide bonds. The van der Waals surface area contributed by atoms with E-state index in [-0.39, 0.29) is 5.91 Å². The molecule has 3 N–H and O–H groups in total. The summed E-state index contributed by atoms with van der Waals surface area (Å²) in [5.74, 6) is 1.45. The van der Waals surface area contributed by atoms with Crippen LogP contribution in [0.4, 0.5) is 5.69 Å². The minimum Gasteiger partial charge on any atom is -0.397 e. The molecule has 0 aliphatic heterocycles. The van der Waals surface area contributed by atoms with Crippen molar-refractivity contribution in [2.45, 2.75) is 26.7 Å². The summed E-state index contributed by atoms with van der Waals surface area (Å²) in [6.07, 6.45) is 1.51. The second-order valence-electron chi connectivity index (χ2n) is 4.42. The van der Waals surface area contributed by atoms with E-state index in [4.69, 9.17) is 5.73 Å². The highest BCUT2D eigenvalue weighted by molar-refractivity contribution is 5.95. The van der Waals surface area contributed by atoms with Crippen molar-refractivity contribution in [3.8, 4) is 5.69 Å². The summed E-state index contributed by atoms with van der Waals surface area (Å²) in [5, 5.41) is 7.05. The number of carbonyl (C=O) groups is 1. The minimum atomic E-state index is -0.153. The standard InChI is InChI=1S/C14H19N5O/c1-4-12-17-13(5-2)19(18-12)11-8-9(14(20)16-3)6-7-10(11)15/h6-8H,4-5,15H2,1-3H3,(H,16,20). The third-order valence-electron chi connectivity index (χ3n) is 3.10. The number of hydrogen-bond acceptors (Lipinski definition) is 4. The fourth-order valence-corrected chi connectivity index (χ4v) is 1.98. The zero-order valence-electron chi connectivity index (χ0n) is 12.0. The maximum atomic E-state index is 11.7. The van der Waals surface area contributed by atoms with Crippen LogP contribution < -0.4 is 11.1 Å². The van der Waals surface area contributed by atoms with Crippen LogP contribution in [0.1, 0.15) is 35.9 Å². The predicted molar refractivity (Wildman–Crippen MR) is 77.9 cm³/mol. The van der Waals surface area contributed by atoms with Gasteiger partial charge < -0.3 is 11.1 Å². The number of nitrogens with zero attached hydrogens (tertiary/aromatic N) is 3. The zero-order chi connectivity index (χ0) is 14.7. The van der Waals surface area contributed by atoms with E-state index in [2.05, 4.69) is 15.4 Å². The average molecular weight is 273 g/mol. The topological polar surface area (TPSA) is 85.8 Å². The van der Waals surface area contributed by atoms with Crippen molar-refractivity contribution in [3.63, 3.8) is 0 Å². The molecule has 0 aliphatic rings. The number of benzene rings is 1. The van der Waals surface area contributed by atoms with Gasteiger partial charge in [0.2, 0.25) is 0 Å². The van der Waals surface area contributed by atoms with E-state index in [1.165, 1.54) is 0 Å². The molecule has 0 atom stereocenters. The Balaban J connectivity index is 2.56. The molecule has 0 saturated carbocycles. The smallest absolute Gasteiger partial charge is 0.251 e. The van der Waals surface area contributed by atoms with Crippen LogP contribution in [0, 0.1) is 0 Å². The van der Waals surface area contributed by atoms with Gasteiger partial charge in [-0.25, -0.2) is 9.67 Å². The normalized spacial score (nSPS) is 10.6. The molecule has 106 valence electrons. The number of amides is 1. The summed E-state index contributed by atoms with van der Waals surface area (Å²) in [6.45, 7) is 4.02. The summed E-state index contributed by atoms with van der Waals surface area (Å²) in [5.41, 5.74) is 7.82. The molecule has 6 heteroatoms. The van der Waals surface area contributed by atoms with Gasteiger partial charge in [0, 0.05) is 25.5 Å². The molecular formula is C14H19N5O. The number of aromatic nitrogens is 3. The van der Waals surface area contributed by atoms with Crippen LogP contribution in [0.15, 0.2) is 18.2 Å². The summed E-state index contributed by atoms with van der Waals surface area (Å²) in [6, 6.07) is 5.15. The van der Waals surface area contributed by atoms with Gasteiger partial charge in [-0.05, 0) is 18.2 Å². The Bertz CT molecular complexity index is 632. The summed E-state index contributed by atoms with van der Waals surface area (Å²) in [7, 11) is 1.60. The Morgan fingerprint density at radius 1 is 1.35 bits per heavy atom. The molecular weight excluding hydrogens is 254 g/mol. The molecule has 2 aromatic rings. The molecule has 1 heterocycles. The molecule has 0 spiro atoms. The molecule has 0 radical (unpaired) electrons. The number of nitrogens with one attached hydrogen (secondary N) is 1. The highest BCUT2D eigenvalue weighted by Crippen LogP contribution is 2.20. The van der Waals surface area contributed by atoms with Crippen LogP contribution in [0.2, 0.25) is 0 Å². The molecule has 6 nitrogen and oxygen atoms in total. The molecule has 0 unspecified atom stereocenters. The van der Waals surface area contributed by atoms with E-state index >= 15 is 0 Å². The molecule has 0 fully saturated rings. The van der Waals surface area contributed by atoms with Crippen LogP contribution in [0.5, 0.6) is 0 Å². The lowest BCUT2D eigenvalue weighted by molar-refractivity contribution is 0.0963. The number of hydrogen-bond donors (Lipinski definition) is 2. The minimum absolute atomic E-state index is 0.153. The summed E-state index contributed by atoms with van der Waals surface area (Å²) >= 11 is 0. The summed E-state index contributed by atoms with van der Waals surface area (Å²) in [4.78, 5) is 16.2. The van der Waals surface area contributed by atoms with Crippen LogP contribution in [-0.2, 0) is 12.8 Å². The van der Waals surface area contributed by atoms with Crippen LogP contribution in [0.25, 0.3) is 5.69 Å². The lowest BCUT2D eigenvalue weighted by Gasteiger charge is -2.09. The van der Waals surface area contributed by atoms with Crippen LogP contribution in [0.3, 0.4) is 0 Å². The first-order valence-corrected chi connectivity index (χ1v) is 6.67. The van der Waals surface area contributed by atoms with Gasteiger partial charge in [0.1, 0.15) is 5.82 Å². The van der Waals surface area contributed by atoms with Crippen molar-refractivity contribution in [3.05, 3.63) is 35.4 Å². The van der Waals surface area contributed by atoms with E-state index in [1.54, 1.807) is 29.9 Å². The molecule has 0 saturated heterocycles. The lowest BCUT2D eigenvalue weighted by Crippen LogP contribution is -2.18. The van der Waals surface area contributed by atoms with E-state index in [0.717, 1.165) is 24.5 Å². The largest absolute Gasteiger partial charge is 0.397 e. The van der Waals surface area contributed by atoms with Crippen molar-refractivity contribution in [1.29, 1.82) is 0 Å². The second-order valence-corrected chi connectivity index (χ2v) is 4.42. The van der Waals surface area contributed by atoms with E-state index in [1.807, 2.05) is 13.8 Å². The first-order valence-electron chi connectivity index (χ1n) is 6.67. The number of aryl methyl sites for hydroxylation is 2. The summed E-state index contributed by atoms with van der Waals surface area (Å²) < 4.78 is 1.72. The van der Waals surface area contributed by atoms with Crippen molar-refractivity contribution < 1.29 is 4.79 Å². The quantitative estimate of drug-likeness (QED) is 0.823. The van der Waals surface area contributed by atoms with Gasteiger partial charge >= 0.3 is 0 Å². The molecule has 0 aliphatic carbocycles. The highest BCUT2D eigenvalue weighted by Gasteiger charge is 2.14. The van der Waals surface area contributed by atoms with Gasteiger partial charge in [-0.3, -0.25) is 4.79 Å². The van der Waals surface area contributed by atoms with Gasteiger partial charge in [0.15, 0.2) is 5.82 Å². The highest BCUT2D eigenvalue weighted by atomic mass is 16.1. The number of nitrogens with two attached hydrogens (primary N) is 1. The number of nitrogen functional groups attached to an aromatic ring is 1. The molecule has 1 aromatic carbocycles. The average Bonchev–Trinajstić information content (AvgIpc) is 2.90. The number of anilines is 1. The predicted octanol–water partition coefficient (Wildman–Crippen LogP) is 1.33. The molecule has 2 rings (SSSR count). The SMILES string of the molecule is CCc1nc(CC)n(-c2cc(C(=O)NC)ccc2N)n1. The third kappa shape index (κ3) is 2.49. The monoisotopic (exact) mass is 273 g/mol. The zero-order valence-corrected chi connectivity index (χ0v) is 12.0. The van der Waals surface area contributed by atoms with Crippen LogP contribution >= 0.6 is 0 Å². The van der Waals surface area contributed by atoms with Crippen molar-refractivity contribution in [2.24, 2.45) is 0 Å². The van der Waals surface area contributed by atoms with Crippen molar-refractivity contribution in [2.75, 3.05) is 12.8 Å². The van der Waals surface area contributed by atoms with E-state index in [0.29, 0.717) is 16.9 Å². The van der Waals surface area contributed by atoms with Gasteiger partial charge in [0.05, 0.1) is 11.4 Å². The first-order chi connectivity index (χ1) is 9.60. The van der Waals surface area contributed by atoms with Gasteiger partial charge in [-0.15, -0.1) is 0 Å².